The Morgan fingerprint density at radius 3 is 2.52 bits per heavy atom. The van der Waals surface area contributed by atoms with Crippen molar-refractivity contribution in [3.8, 4) is 0 Å². The third-order valence-electron chi connectivity index (χ3n) is 4.47. The van der Waals surface area contributed by atoms with Crippen LogP contribution in [0, 0.1) is 5.82 Å². The summed E-state index contributed by atoms with van der Waals surface area (Å²) in [6.45, 7) is 1.51. The standard InChI is InChI=1S/C21H23F3N6O/c1-11(13-5-4-6-14(18(13)22)19(23)24)30-20(26)15-7-17(12(8-25)9-27-2)29-10-16(15)21(31)28-3/h4-11,19H,25H2,1-3H3,(H2,26,30)(H,28,31)/b12-8+,27-9?/t11-/m1/s1. The van der Waals surface area contributed by atoms with Crippen LogP contribution in [0.3, 0.4) is 0 Å². The number of amides is 1. The molecule has 0 spiro atoms. The number of aliphatic imine (C=N–C) groups is 2. The number of nitrogens with two attached hydrogens (primary N) is 2. The van der Waals surface area contributed by atoms with Gasteiger partial charge in [0.05, 0.1) is 22.9 Å². The van der Waals surface area contributed by atoms with Gasteiger partial charge in [-0.2, -0.15) is 0 Å². The zero-order valence-corrected chi connectivity index (χ0v) is 17.2. The summed E-state index contributed by atoms with van der Waals surface area (Å²) < 4.78 is 40.5. The Balaban J connectivity index is 2.58. The quantitative estimate of drug-likeness (QED) is 0.460. The van der Waals surface area contributed by atoms with Gasteiger partial charge in [-0.1, -0.05) is 18.2 Å². The number of pyridine rings is 1. The smallest absolute Gasteiger partial charge is 0.266 e. The van der Waals surface area contributed by atoms with Crippen molar-refractivity contribution in [3.63, 3.8) is 0 Å². The van der Waals surface area contributed by atoms with E-state index in [1.54, 1.807) is 7.05 Å². The highest BCUT2D eigenvalue weighted by atomic mass is 19.3. The molecule has 2 rings (SSSR count). The van der Waals surface area contributed by atoms with Gasteiger partial charge >= 0.3 is 0 Å². The summed E-state index contributed by atoms with van der Waals surface area (Å²) in [4.78, 5) is 24.6. The van der Waals surface area contributed by atoms with Gasteiger partial charge in [-0.15, -0.1) is 0 Å². The van der Waals surface area contributed by atoms with Crippen LogP contribution in [0.1, 0.15) is 52.1 Å². The number of carbonyl (C=O) groups is 1. The Hall–Kier alpha value is -3.69. The molecule has 0 bridgehead atoms. The molecule has 0 radical (unpaired) electrons. The van der Waals surface area contributed by atoms with Crippen LogP contribution in [0.25, 0.3) is 5.57 Å². The molecule has 1 aromatic carbocycles. The minimum absolute atomic E-state index is 0.0443. The van der Waals surface area contributed by atoms with Gasteiger partial charge in [0.25, 0.3) is 12.3 Å². The SMILES string of the molecule is CN=C/C(=C\N)c1cc(C(N)=N[C@H](C)c2cccc(C(F)F)c2F)c(C(=O)NC)cn1. The highest BCUT2D eigenvalue weighted by molar-refractivity contribution is 6.12. The topological polar surface area (TPSA) is 119 Å². The minimum atomic E-state index is -2.96. The highest BCUT2D eigenvalue weighted by Crippen LogP contribution is 2.29. The van der Waals surface area contributed by atoms with E-state index in [1.165, 1.54) is 50.8 Å². The molecule has 1 aromatic heterocycles. The number of benzene rings is 1. The summed E-state index contributed by atoms with van der Waals surface area (Å²) >= 11 is 0. The number of halogens is 3. The third kappa shape index (κ3) is 5.27. The maximum atomic E-state index is 14.5. The van der Waals surface area contributed by atoms with Crippen LogP contribution in [0.4, 0.5) is 13.2 Å². The third-order valence-corrected chi connectivity index (χ3v) is 4.47. The second-order valence-corrected chi connectivity index (χ2v) is 6.45. The van der Waals surface area contributed by atoms with E-state index in [2.05, 4.69) is 20.3 Å². The number of nitrogens with one attached hydrogen (secondary N) is 1. The normalized spacial score (nSPS) is 13.6. The van der Waals surface area contributed by atoms with Crippen molar-refractivity contribution in [1.82, 2.24) is 10.3 Å². The van der Waals surface area contributed by atoms with Gasteiger partial charge in [0.2, 0.25) is 0 Å². The number of nitrogens with zero attached hydrogens (tertiary/aromatic N) is 3. The fourth-order valence-electron chi connectivity index (χ4n) is 2.88. The van der Waals surface area contributed by atoms with Gasteiger partial charge in [-0.05, 0) is 13.0 Å². The lowest BCUT2D eigenvalue weighted by Gasteiger charge is -2.14. The average molecular weight is 432 g/mol. The molecule has 5 N–H and O–H groups in total. The second kappa shape index (κ2) is 10.4. The fraction of sp³-hybridized carbons (Fsp3) is 0.238. The average Bonchev–Trinajstić information content (AvgIpc) is 2.76. The van der Waals surface area contributed by atoms with Crippen LogP contribution in [-0.2, 0) is 0 Å². The van der Waals surface area contributed by atoms with Crippen LogP contribution < -0.4 is 16.8 Å². The van der Waals surface area contributed by atoms with E-state index in [1.807, 2.05) is 0 Å². The molecule has 0 aliphatic rings. The number of allylic oxidation sites excluding steroid dienone is 1. The summed E-state index contributed by atoms with van der Waals surface area (Å²) in [7, 11) is 3.00. The Kier molecular flexibility index (Phi) is 7.89. The van der Waals surface area contributed by atoms with Crippen molar-refractivity contribution in [3.05, 3.63) is 70.4 Å². The first-order valence-corrected chi connectivity index (χ1v) is 9.21. The van der Waals surface area contributed by atoms with Crippen LogP contribution in [0.2, 0.25) is 0 Å². The molecule has 0 unspecified atom stereocenters. The largest absolute Gasteiger partial charge is 0.404 e. The van der Waals surface area contributed by atoms with Gasteiger partial charge in [-0.25, -0.2) is 13.2 Å². The summed E-state index contributed by atoms with van der Waals surface area (Å²) in [5.41, 5.74) is 12.2. The maximum absolute atomic E-state index is 14.5. The number of hydrogen-bond acceptors (Lipinski definition) is 5. The van der Waals surface area contributed by atoms with E-state index >= 15 is 0 Å². The van der Waals surface area contributed by atoms with Crippen molar-refractivity contribution in [2.24, 2.45) is 21.5 Å². The van der Waals surface area contributed by atoms with Crippen LogP contribution in [0.5, 0.6) is 0 Å². The number of aromatic nitrogens is 1. The predicted molar refractivity (Wildman–Crippen MR) is 115 cm³/mol. The zero-order chi connectivity index (χ0) is 23.1. The highest BCUT2D eigenvalue weighted by Gasteiger charge is 2.21. The fourth-order valence-corrected chi connectivity index (χ4v) is 2.88. The molecule has 0 aliphatic carbocycles. The second-order valence-electron chi connectivity index (χ2n) is 6.45. The first kappa shape index (κ1) is 23.6. The zero-order valence-electron chi connectivity index (χ0n) is 17.2. The Morgan fingerprint density at radius 1 is 1.26 bits per heavy atom. The van der Waals surface area contributed by atoms with Gasteiger partial charge in [0.15, 0.2) is 0 Å². The molecule has 1 atom stereocenters. The number of rotatable bonds is 7. The lowest BCUT2D eigenvalue weighted by molar-refractivity contribution is 0.0962. The summed E-state index contributed by atoms with van der Waals surface area (Å²) in [5, 5.41) is 2.48. The molecule has 7 nitrogen and oxygen atoms in total. The van der Waals surface area contributed by atoms with Crippen LogP contribution in [0.15, 0.2) is 46.6 Å². The first-order chi connectivity index (χ1) is 14.7. The Morgan fingerprint density at radius 2 is 1.94 bits per heavy atom. The van der Waals surface area contributed by atoms with Gasteiger partial charge in [0, 0.05) is 49.4 Å². The van der Waals surface area contributed by atoms with Gasteiger partial charge < -0.3 is 16.8 Å². The van der Waals surface area contributed by atoms with E-state index in [-0.39, 0.29) is 22.5 Å². The van der Waals surface area contributed by atoms with E-state index in [9.17, 15) is 18.0 Å². The Bertz CT molecular complexity index is 1050. The maximum Gasteiger partial charge on any atom is 0.266 e. The number of carbonyl (C=O) groups excluding carboxylic acids is 1. The number of amidine groups is 1. The van der Waals surface area contributed by atoms with Crippen molar-refractivity contribution in [2.45, 2.75) is 19.4 Å². The molecule has 0 saturated carbocycles. The minimum Gasteiger partial charge on any atom is -0.404 e. The molecule has 0 aliphatic heterocycles. The van der Waals surface area contributed by atoms with Gasteiger partial charge in [0.1, 0.15) is 11.7 Å². The molecule has 164 valence electrons. The lowest BCUT2D eigenvalue weighted by Crippen LogP contribution is -2.25. The predicted octanol–water partition coefficient (Wildman–Crippen LogP) is 2.98. The molecule has 0 saturated heterocycles. The Labute approximate surface area is 177 Å². The molecule has 31 heavy (non-hydrogen) atoms. The van der Waals surface area contributed by atoms with Crippen molar-refractivity contribution in [1.29, 1.82) is 0 Å². The van der Waals surface area contributed by atoms with Gasteiger partial charge in [-0.3, -0.25) is 19.8 Å². The van der Waals surface area contributed by atoms with Crippen LogP contribution in [-0.4, -0.2) is 37.0 Å². The van der Waals surface area contributed by atoms with Crippen LogP contribution >= 0.6 is 0 Å². The summed E-state index contributed by atoms with van der Waals surface area (Å²) in [6.07, 6.45) is 1.12. The summed E-state index contributed by atoms with van der Waals surface area (Å²) in [6, 6.07) is 4.30. The number of alkyl halides is 2. The molecule has 1 amide bonds. The van der Waals surface area contributed by atoms with Crippen molar-refractivity contribution < 1.29 is 18.0 Å². The molecular formula is C21H23F3N6O. The molecule has 2 aromatic rings. The molecular weight excluding hydrogens is 409 g/mol. The van der Waals surface area contributed by atoms with Crippen molar-refractivity contribution >= 4 is 23.5 Å². The monoisotopic (exact) mass is 432 g/mol. The lowest BCUT2D eigenvalue weighted by atomic mass is 10.0. The van der Waals surface area contributed by atoms with E-state index in [4.69, 9.17) is 11.5 Å². The van der Waals surface area contributed by atoms with E-state index in [0.29, 0.717) is 11.3 Å². The molecule has 10 heteroatoms. The van der Waals surface area contributed by atoms with E-state index < -0.39 is 29.8 Å². The summed E-state index contributed by atoms with van der Waals surface area (Å²) in [5.74, 6) is -1.61. The molecule has 1 heterocycles. The van der Waals surface area contributed by atoms with E-state index in [0.717, 1.165) is 6.07 Å². The number of hydrogen-bond donors (Lipinski definition) is 3. The first-order valence-electron chi connectivity index (χ1n) is 9.21. The molecule has 0 fully saturated rings. The van der Waals surface area contributed by atoms with Crippen molar-refractivity contribution in [2.75, 3.05) is 14.1 Å².